The minimum atomic E-state index is -0.324. The quantitative estimate of drug-likeness (QED) is 0.505. The molecule has 4 aromatic rings. The van der Waals surface area contributed by atoms with Crippen molar-refractivity contribution in [3.63, 3.8) is 0 Å². The first-order chi connectivity index (χ1) is 14.5. The minimum Gasteiger partial charge on any atom is -0.384 e. The molecule has 30 heavy (non-hydrogen) atoms. The highest BCUT2D eigenvalue weighted by Crippen LogP contribution is 2.28. The van der Waals surface area contributed by atoms with Crippen molar-refractivity contribution in [2.24, 2.45) is 0 Å². The smallest absolute Gasteiger partial charge is 0.264 e. The first-order valence-corrected chi connectivity index (χ1v) is 9.69. The first-order valence-electron chi connectivity index (χ1n) is 9.31. The van der Waals surface area contributed by atoms with Crippen molar-refractivity contribution in [1.29, 1.82) is 5.26 Å². The third-order valence-electron chi connectivity index (χ3n) is 4.90. The maximum Gasteiger partial charge on any atom is 0.264 e. The van der Waals surface area contributed by atoms with Crippen LogP contribution in [0.1, 0.15) is 24.2 Å². The zero-order chi connectivity index (χ0) is 21.3. The molecule has 148 valence electrons. The van der Waals surface area contributed by atoms with E-state index in [0.717, 1.165) is 16.8 Å². The number of nitriles is 1. The van der Waals surface area contributed by atoms with Crippen LogP contribution in [0.4, 0.5) is 11.5 Å². The summed E-state index contributed by atoms with van der Waals surface area (Å²) in [6.45, 7) is 1.92. The Morgan fingerprint density at radius 3 is 2.67 bits per heavy atom. The molecule has 0 saturated heterocycles. The van der Waals surface area contributed by atoms with Crippen LogP contribution >= 0.6 is 11.6 Å². The standard InChI is InChI=1S/C23H18ClN5O/c1-14(28-19-11-21(26)27-13-16(19)12-25)20-10-15-6-5-9-18(24)22(15)23(30)29(20)17-7-3-2-4-8-17/h2-11,13-14H,1H3,(H3,26,27,28)/t14-/m0/s1. The number of hydrogen-bond donors (Lipinski definition) is 2. The zero-order valence-electron chi connectivity index (χ0n) is 16.1. The minimum absolute atomic E-state index is 0.206. The first kappa shape index (κ1) is 19.5. The number of hydrogen-bond acceptors (Lipinski definition) is 5. The number of aromatic nitrogens is 2. The SMILES string of the molecule is C[C@H](Nc1cc(N)ncc1C#N)c1cc2cccc(Cl)c2c(=O)n1-c1ccccc1. The molecule has 6 nitrogen and oxygen atoms in total. The van der Waals surface area contributed by atoms with Crippen molar-refractivity contribution in [3.8, 4) is 11.8 Å². The van der Waals surface area contributed by atoms with Gasteiger partial charge in [0, 0.05) is 23.6 Å². The van der Waals surface area contributed by atoms with E-state index in [2.05, 4.69) is 16.4 Å². The van der Waals surface area contributed by atoms with Gasteiger partial charge in [-0.05, 0) is 36.6 Å². The Balaban J connectivity index is 1.93. The third kappa shape index (κ3) is 3.47. The lowest BCUT2D eigenvalue weighted by molar-refractivity contribution is 0.777. The van der Waals surface area contributed by atoms with Crippen LogP contribution in [0, 0.1) is 11.3 Å². The monoisotopic (exact) mass is 415 g/mol. The second kappa shape index (κ2) is 7.90. The molecule has 2 aromatic carbocycles. The summed E-state index contributed by atoms with van der Waals surface area (Å²) in [6.07, 6.45) is 1.43. The molecule has 0 fully saturated rings. The van der Waals surface area contributed by atoms with Gasteiger partial charge in [0.25, 0.3) is 5.56 Å². The van der Waals surface area contributed by atoms with Crippen LogP contribution in [0.5, 0.6) is 0 Å². The molecule has 0 radical (unpaired) electrons. The number of nitrogen functional groups attached to an aromatic ring is 1. The molecule has 0 saturated carbocycles. The van der Waals surface area contributed by atoms with E-state index in [1.54, 1.807) is 16.7 Å². The number of nitrogens with zero attached hydrogens (tertiary/aromatic N) is 3. The number of pyridine rings is 2. The van der Waals surface area contributed by atoms with Gasteiger partial charge in [0.1, 0.15) is 11.9 Å². The molecule has 0 aliphatic heterocycles. The predicted octanol–water partition coefficient (Wildman–Crippen LogP) is 4.67. The molecule has 0 amide bonds. The summed E-state index contributed by atoms with van der Waals surface area (Å²) < 4.78 is 1.64. The van der Waals surface area contributed by atoms with Crippen LogP contribution in [0.2, 0.25) is 5.02 Å². The van der Waals surface area contributed by atoms with Gasteiger partial charge in [-0.15, -0.1) is 0 Å². The average Bonchev–Trinajstić information content (AvgIpc) is 2.74. The van der Waals surface area contributed by atoms with Crippen molar-refractivity contribution >= 4 is 33.9 Å². The van der Waals surface area contributed by atoms with Gasteiger partial charge < -0.3 is 11.1 Å². The van der Waals surface area contributed by atoms with Gasteiger partial charge in [-0.2, -0.15) is 5.26 Å². The molecule has 1 atom stereocenters. The van der Waals surface area contributed by atoms with Gasteiger partial charge in [-0.3, -0.25) is 9.36 Å². The summed E-state index contributed by atoms with van der Waals surface area (Å²) in [6, 6.07) is 20.1. The number of para-hydroxylation sites is 1. The van der Waals surface area contributed by atoms with Crippen LogP contribution in [0.15, 0.2) is 71.7 Å². The Bertz CT molecular complexity index is 1340. The van der Waals surface area contributed by atoms with Gasteiger partial charge >= 0.3 is 0 Å². The van der Waals surface area contributed by atoms with Crippen LogP contribution in [-0.2, 0) is 0 Å². The normalized spacial score (nSPS) is 11.8. The molecule has 2 aromatic heterocycles. The summed E-state index contributed by atoms with van der Waals surface area (Å²) in [5.74, 6) is 0.300. The number of nitrogens with two attached hydrogens (primary N) is 1. The van der Waals surface area contributed by atoms with Gasteiger partial charge in [-0.25, -0.2) is 4.98 Å². The van der Waals surface area contributed by atoms with Crippen LogP contribution < -0.4 is 16.6 Å². The molecule has 2 heterocycles. The molecular formula is C23H18ClN5O. The predicted molar refractivity (Wildman–Crippen MR) is 120 cm³/mol. The van der Waals surface area contributed by atoms with Crippen LogP contribution in [0.3, 0.4) is 0 Å². The lowest BCUT2D eigenvalue weighted by Gasteiger charge is -2.22. The Morgan fingerprint density at radius 2 is 1.93 bits per heavy atom. The van der Waals surface area contributed by atoms with E-state index in [1.807, 2.05) is 55.5 Å². The fourth-order valence-electron chi connectivity index (χ4n) is 3.49. The maximum atomic E-state index is 13.5. The van der Waals surface area contributed by atoms with Crippen molar-refractivity contribution in [3.05, 3.63) is 93.5 Å². The Morgan fingerprint density at radius 1 is 1.17 bits per heavy atom. The third-order valence-corrected chi connectivity index (χ3v) is 5.21. The lowest BCUT2D eigenvalue weighted by atomic mass is 10.1. The van der Waals surface area contributed by atoms with E-state index >= 15 is 0 Å². The molecule has 3 N–H and O–H groups in total. The van der Waals surface area contributed by atoms with Gasteiger partial charge in [0.05, 0.1) is 27.7 Å². The fourth-order valence-corrected chi connectivity index (χ4v) is 3.75. The van der Waals surface area contributed by atoms with Crippen molar-refractivity contribution in [2.45, 2.75) is 13.0 Å². The highest BCUT2D eigenvalue weighted by atomic mass is 35.5. The second-order valence-corrected chi connectivity index (χ2v) is 7.29. The van der Waals surface area contributed by atoms with E-state index in [4.69, 9.17) is 17.3 Å². The van der Waals surface area contributed by atoms with Crippen molar-refractivity contribution in [2.75, 3.05) is 11.1 Å². The number of halogens is 1. The molecule has 7 heteroatoms. The highest BCUT2D eigenvalue weighted by molar-refractivity contribution is 6.35. The molecule has 0 aliphatic rings. The Labute approximate surface area is 178 Å². The number of benzene rings is 2. The molecule has 0 unspecified atom stereocenters. The largest absolute Gasteiger partial charge is 0.384 e. The Hall–Kier alpha value is -3.82. The molecule has 0 aliphatic carbocycles. The van der Waals surface area contributed by atoms with E-state index in [-0.39, 0.29) is 11.6 Å². The van der Waals surface area contributed by atoms with Crippen molar-refractivity contribution in [1.82, 2.24) is 9.55 Å². The summed E-state index contributed by atoms with van der Waals surface area (Å²) in [5, 5.41) is 14.3. The van der Waals surface area contributed by atoms with E-state index in [1.165, 1.54) is 6.20 Å². The number of nitrogens with one attached hydrogen (secondary N) is 1. The molecule has 0 bridgehead atoms. The lowest BCUT2D eigenvalue weighted by Crippen LogP contribution is -2.25. The topological polar surface area (TPSA) is 96.7 Å². The number of anilines is 2. The molecular weight excluding hydrogens is 398 g/mol. The van der Waals surface area contributed by atoms with E-state index in [0.29, 0.717) is 27.5 Å². The van der Waals surface area contributed by atoms with E-state index in [9.17, 15) is 10.1 Å². The molecule has 0 spiro atoms. The Kier molecular flexibility index (Phi) is 5.13. The zero-order valence-corrected chi connectivity index (χ0v) is 16.9. The van der Waals surface area contributed by atoms with Gasteiger partial charge in [-0.1, -0.05) is 41.9 Å². The highest BCUT2D eigenvalue weighted by Gasteiger charge is 2.18. The van der Waals surface area contributed by atoms with E-state index < -0.39 is 0 Å². The molecule has 4 rings (SSSR count). The average molecular weight is 416 g/mol. The summed E-state index contributed by atoms with van der Waals surface area (Å²) in [7, 11) is 0. The number of fused-ring (bicyclic) bond motifs is 1. The van der Waals surface area contributed by atoms with Crippen LogP contribution in [0.25, 0.3) is 16.5 Å². The van der Waals surface area contributed by atoms with Gasteiger partial charge in [0.2, 0.25) is 0 Å². The maximum absolute atomic E-state index is 13.5. The summed E-state index contributed by atoms with van der Waals surface area (Å²) in [5.41, 5.74) is 7.96. The van der Waals surface area contributed by atoms with Crippen molar-refractivity contribution < 1.29 is 0 Å². The fraction of sp³-hybridized carbons (Fsp3) is 0.0870. The summed E-state index contributed by atoms with van der Waals surface area (Å²) in [4.78, 5) is 17.4. The summed E-state index contributed by atoms with van der Waals surface area (Å²) >= 11 is 6.35. The number of rotatable bonds is 4. The van der Waals surface area contributed by atoms with Crippen LogP contribution in [-0.4, -0.2) is 9.55 Å². The van der Waals surface area contributed by atoms with Gasteiger partial charge in [0.15, 0.2) is 0 Å². The second-order valence-electron chi connectivity index (χ2n) is 6.88.